The van der Waals surface area contributed by atoms with Crippen LogP contribution in [0, 0.1) is 0 Å². The van der Waals surface area contributed by atoms with Crippen LogP contribution < -0.4 is 4.74 Å². The van der Waals surface area contributed by atoms with Crippen molar-refractivity contribution in [2.75, 3.05) is 7.11 Å². The Hall–Kier alpha value is -2.83. The van der Waals surface area contributed by atoms with Gasteiger partial charge in [0.1, 0.15) is 5.75 Å². The standard InChI is InChI=1S/C22H17NO3S2/c1-26-17-11-6-5-8-15(17)14-23-21(24)19(18-12-7-13-27-18)20(22(23)25)28-16-9-3-2-4-10-16/h2-13H,14H2,1H3. The fraction of sp³-hybridized carbons (Fsp3) is 0.0909. The van der Waals surface area contributed by atoms with Crippen molar-refractivity contribution >= 4 is 40.5 Å². The summed E-state index contributed by atoms with van der Waals surface area (Å²) in [4.78, 5) is 29.9. The topological polar surface area (TPSA) is 46.6 Å². The van der Waals surface area contributed by atoms with E-state index in [0.717, 1.165) is 15.3 Å². The molecule has 0 spiro atoms. The van der Waals surface area contributed by atoms with Crippen molar-refractivity contribution in [3.8, 4) is 5.75 Å². The number of amides is 2. The number of hydrogen-bond donors (Lipinski definition) is 0. The molecule has 4 nitrogen and oxygen atoms in total. The smallest absolute Gasteiger partial charge is 0.268 e. The monoisotopic (exact) mass is 407 g/mol. The molecule has 0 saturated heterocycles. The molecule has 0 aliphatic carbocycles. The fourth-order valence-corrected chi connectivity index (χ4v) is 4.90. The maximum Gasteiger partial charge on any atom is 0.268 e. The zero-order chi connectivity index (χ0) is 19.5. The fourth-order valence-electron chi connectivity index (χ4n) is 3.04. The highest BCUT2D eigenvalue weighted by Gasteiger charge is 2.40. The zero-order valence-electron chi connectivity index (χ0n) is 15.1. The lowest BCUT2D eigenvalue weighted by Crippen LogP contribution is -2.31. The molecule has 0 atom stereocenters. The summed E-state index contributed by atoms with van der Waals surface area (Å²) in [5, 5.41) is 1.91. The molecular weight excluding hydrogens is 390 g/mol. The number of rotatable bonds is 6. The molecule has 2 heterocycles. The van der Waals surface area contributed by atoms with Crippen LogP contribution in [0.15, 0.2) is 81.9 Å². The number of imide groups is 1. The summed E-state index contributed by atoms with van der Waals surface area (Å²) < 4.78 is 5.38. The van der Waals surface area contributed by atoms with E-state index in [1.165, 1.54) is 28.0 Å². The van der Waals surface area contributed by atoms with Crippen molar-refractivity contribution in [2.24, 2.45) is 0 Å². The first-order chi connectivity index (χ1) is 13.7. The van der Waals surface area contributed by atoms with E-state index in [4.69, 9.17) is 4.74 Å². The molecule has 0 saturated carbocycles. The van der Waals surface area contributed by atoms with Gasteiger partial charge in [-0.25, -0.2) is 0 Å². The largest absolute Gasteiger partial charge is 0.496 e. The first-order valence-electron chi connectivity index (χ1n) is 8.68. The molecule has 3 aromatic rings. The minimum atomic E-state index is -0.270. The van der Waals surface area contributed by atoms with E-state index in [1.54, 1.807) is 7.11 Å². The van der Waals surface area contributed by atoms with E-state index < -0.39 is 0 Å². The number of nitrogens with zero attached hydrogens (tertiary/aromatic N) is 1. The van der Waals surface area contributed by atoms with E-state index in [0.29, 0.717) is 16.2 Å². The Balaban J connectivity index is 1.71. The van der Waals surface area contributed by atoms with Gasteiger partial charge in [-0.2, -0.15) is 0 Å². The summed E-state index contributed by atoms with van der Waals surface area (Å²) in [6.45, 7) is 0.176. The van der Waals surface area contributed by atoms with Crippen molar-refractivity contribution in [1.82, 2.24) is 4.90 Å². The summed E-state index contributed by atoms with van der Waals surface area (Å²) in [6.07, 6.45) is 0. The Morgan fingerprint density at radius 1 is 0.929 bits per heavy atom. The second kappa shape index (κ2) is 8.04. The Morgan fingerprint density at radius 3 is 2.39 bits per heavy atom. The molecule has 1 aliphatic heterocycles. The molecule has 2 aromatic carbocycles. The van der Waals surface area contributed by atoms with Gasteiger partial charge in [-0.1, -0.05) is 54.2 Å². The number of ether oxygens (including phenoxy) is 1. The van der Waals surface area contributed by atoms with Crippen molar-refractivity contribution in [3.63, 3.8) is 0 Å². The van der Waals surface area contributed by atoms with Crippen LogP contribution >= 0.6 is 23.1 Å². The number of carbonyl (C=O) groups is 2. The van der Waals surface area contributed by atoms with E-state index in [-0.39, 0.29) is 18.4 Å². The molecule has 1 aromatic heterocycles. The van der Waals surface area contributed by atoms with Crippen LogP contribution in [-0.4, -0.2) is 23.8 Å². The number of methoxy groups -OCH3 is 1. The summed E-state index contributed by atoms with van der Waals surface area (Å²) in [5.74, 6) is 0.120. The van der Waals surface area contributed by atoms with Gasteiger partial charge in [0.2, 0.25) is 0 Å². The minimum Gasteiger partial charge on any atom is -0.496 e. The van der Waals surface area contributed by atoms with Crippen LogP contribution in [-0.2, 0) is 16.1 Å². The number of hydrogen-bond acceptors (Lipinski definition) is 5. The summed E-state index contributed by atoms with van der Waals surface area (Å²) in [6, 6.07) is 20.8. The quantitative estimate of drug-likeness (QED) is 0.549. The van der Waals surface area contributed by atoms with E-state index in [9.17, 15) is 9.59 Å². The van der Waals surface area contributed by atoms with Gasteiger partial charge < -0.3 is 4.74 Å². The Morgan fingerprint density at radius 2 is 1.68 bits per heavy atom. The molecular formula is C22H17NO3S2. The zero-order valence-corrected chi connectivity index (χ0v) is 16.8. The second-order valence-electron chi connectivity index (χ2n) is 6.10. The van der Waals surface area contributed by atoms with Gasteiger partial charge in [0.15, 0.2) is 0 Å². The average molecular weight is 408 g/mol. The molecule has 2 amide bonds. The molecule has 6 heteroatoms. The van der Waals surface area contributed by atoms with Gasteiger partial charge in [0, 0.05) is 15.3 Å². The summed E-state index contributed by atoms with van der Waals surface area (Å²) in [5.41, 5.74) is 1.27. The predicted octanol–water partition coefficient (Wildman–Crippen LogP) is 4.83. The third kappa shape index (κ3) is 3.48. The number of benzene rings is 2. The molecule has 0 radical (unpaired) electrons. The summed E-state index contributed by atoms with van der Waals surface area (Å²) in [7, 11) is 1.58. The van der Waals surface area contributed by atoms with Crippen LogP contribution in [0.25, 0.3) is 5.57 Å². The Bertz CT molecular complexity index is 1040. The van der Waals surface area contributed by atoms with Gasteiger partial charge in [-0.15, -0.1) is 11.3 Å². The lowest BCUT2D eigenvalue weighted by Gasteiger charge is -2.17. The number of thioether (sulfide) groups is 1. The highest BCUT2D eigenvalue weighted by molar-refractivity contribution is 8.04. The molecule has 0 N–H and O–H groups in total. The van der Waals surface area contributed by atoms with Crippen LogP contribution in [0.1, 0.15) is 10.4 Å². The highest BCUT2D eigenvalue weighted by Crippen LogP contribution is 2.41. The molecule has 0 fully saturated rings. The van der Waals surface area contributed by atoms with Crippen molar-refractivity contribution in [3.05, 3.63) is 87.5 Å². The van der Waals surface area contributed by atoms with Gasteiger partial charge in [-0.05, 0) is 29.6 Å². The van der Waals surface area contributed by atoms with Gasteiger partial charge in [0.25, 0.3) is 11.8 Å². The highest BCUT2D eigenvalue weighted by atomic mass is 32.2. The van der Waals surface area contributed by atoms with Crippen LogP contribution in [0.2, 0.25) is 0 Å². The SMILES string of the molecule is COc1ccccc1CN1C(=O)C(Sc2ccccc2)=C(c2cccs2)C1=O. The number of thiophene rings is 1. The maximum atomic E-state index is 13.2. The summed E-state index contributed by atoms with van der Waals surface area (Å²) >= 11 is 2.80. The van der Waals surface area contributed by atoms with Crippen molar-refractivity contribution in [1.29, 1.82) is 0 Å². The molecule has 28 heavy (non-hydrogen) atoms. The van der Waals surface area contributed by atoms with Crippen LogP contribution in [0.4, 0.5) is 0 Å². The molecule has 4 rings (SSSR count). The van der Waals surface area contributed by atoms with Gasteiger partial charge in [-0.3, -0.25) is 14.5 Å². The third-order valence-electron chi connectivity index (χ3n) is 4.38. The molecule has 0 unspecified atom stereocenters. The number of carbonyl (C=O) groups excluding carboxylic acids is 2. The lowest BCUT2D eigenvalue weighted by molar-refractivity contribution is -0.137. The Labute approximate surface area is 171 Å². The van der Waals surface area contributed by atoms with Crippen LogP contribution in [0.3, 0.4) is 0 Å². The minimum absolute atomic E-state index is 0.176. The van der Waals surface area contributed by atoms with Crippen molar-refractivity contribution in [2.45, 2.75) is 11.4 Å². The molecule has 1 aliphatic rings. The van der Waals surface area contributed by atoms with E-state index >= 15 is 0 Å². The Kier molecular flexibility index (Phi) is 5.32. The maximum absolute atomic E-state index is 13.2. The molecule has 140 valence electrons. The van der Waals surface area contributed by atoms with Gasteiger partial charge >= 0.3 is 0 Å². The van der Waals surface area contributed by atoms with Crippen LogP contribution in [0.5, 0.6) is 5.75 Å². The predicted molar refractivity (Wildman–Crippen MR) is 112 cm³/mol. The number of para-hydroxylation sites is 1. The second-order valence-corrected chi connectivity index (χ2v) is 8.14. The normalized spacial score (nSPS) is 14.1. The first kappa shape index (κ1) is 18.5. The third-order valence-corrected chi connectivity index (χ3v) is 6.36. The lowest BCUT2D eigenvalue weighted by atomic mass is 10.2. The van der Waals surface area contributed by atoms with Gasteiger partial charge in [0.05, 0.1) is 24.1 Å². The average Bonchev–Trinajstić information content (AvgIpc) is 3.32. The van der Waals surface area contributed by atoms with Crippen molar-refractivity contribution < 1.29 is 14.3 Å². The van der Waals surface area contributed by atoms with E-state index in [2.05, 4.69) is 0 Å². The van der Waals surface area contributed by atoms with E-state index in [1.807, 2.05) is 72.1 Å². The molecule has 0 bridgehead atoms. The first-order valence-corrected chi connectivity index (χ1v) is 10.4.